The zero-order chi connectivity index (χ0) is 20.4. The molecule has 2 heterocycles. The fraction of sp³-hybridized carbons (Fsp3) is 0.273. The fourth-order valence-corrected chi connectivity index (χ4v) is 3.60. The van der Waals surface area contributed by atoms with Crippen LogP contribution in [0.5, 0.6) is 5.75 Å². The molecule has 0 fully saturated rings. The molecule has 1 amide bonds. The van der Waals surface area contributed by atoms with Crippen molar-refractivity contribution in [2.75, 3.05) is 25.5 Å². The minimum atomic E-state index is -0.0638. The zero-order valence-electron chi connectivity index (χ0n) is 16.7. The van der Waals surface area contributed by atoms with E-state index in [1.54, 1.807) is 12.0 Å². The number of hydrogen-bond donors (Lipinski definition) is 2. The topological polar surface area (TPSA) is 85.4 Å². The molecule has 0 aliphatic carbocycles. The van der Waals surface area contributed by atoms with Crippen LogP contribution in [-0.4, -0.2) is 40.6 Å². The van der Waals surface area contributed by atoms with Crippen molar-refractivity contribution in [3.05, 3.63) is 59.9 Å². The van der Waals surface area contributed by atoms with E-state index in [4.69, 9.17) is 15.5 Å². The lowest BCUT2D eigenvalue weighted by molar-refractivity contribution is -0.131. The van der Waals surface area contributed by atoms with Crippen LogP contribution in [0.15, 0.2) is 48.5 Å². The minimum absolute atomic E-state index is 0.00848. The van der Waals surface area contributed by atoms with Crippen molar-refractivity contribution in [3.8, 4) is 17.0 Å². The Labute approximate surface area is 170 Å². The van der Waals surface area contributed by atoms with Crippen LogP contribution in [0.2, 0.25) is 0 Å². The monoisotopic (exact) mass is 391 g/mol. The van der Waals surface area contributed by atoms with Crippen LogP contribution in [-0.2, 0) is 17.9 Å². The molecule has 0 spiro atoms. The Morgan fingerprint density at radius 1 is 1.17 bits per heavy atom. The normalized spacial score (nSPS) is 13.1. The first-order valence-electron chi connectivity index (χ1n) is 9.65. The largest absolute Gasteiger partial charge is 0.496 e. The van der Waals surface area contributed by atoms with Crippen molar-refractivity contribution in [1.29, 1.82) is 0 Å². The molecule has 0 bridgehead atoms. The van der Waals surface area contributed by atoms with E-state index in [0.29, 0.717) is 19.6 Å². The van der Waals surface area contributed by atoms with E-state index in [9.17, 15) is 4.79 Å². The maximum Gasteiger partial charge on any atom is 0.236 e. The Morgan fingerprint density at radius 3 is 2.66 bits per heavy atom. The molecular formula is C22H25N5O2. The number of nitrogens with one attached hydrogen (secondary N) is 1. The number of hydrogen-bond acceptors (Lipinski definition) is 5. The summed E-state index contributed by atoms with van der Waals surface area (Å²) in [6.07, 6.45) is 0. The third-order valence-electron chi connectivity index (χ3n) is 5.18. The average molecular weight is 391 g/mol. The van der Waals surface area contributed by atoms with Gasteiger partial charge in [0.15, 0.2) is 0 Å². The second kappa shape index (κ2) is 7.97. The molecule has 1 aliphatic heterocycles. The molecule has 150 valence electrons. The van der Waals surface area contributed by atoms with Gasteiger partial charge in [0, 0.05) is 24.3 Å². The van der Waals surface area contributed by atoms with E-state index in [-0.39, 0.29) is 12.5 Å². The summed E-state index contributed by atoms with van der Waals surface area (Å²) >= 11 is 0. The predicted molar refractivity (Wildman–Crippen MR) is 113 cm³/mol. The number of nitrogens with zero attached hydrogens (tertiary/aromatic N) is 3. The second-order valence-corrected chi connectivity index (χ2v) is 7.09. The zero-order valence-corrected chi connectivity index (χ0v) is 16.7. The van der Waals surface area contributed by atoms with E-state index in [1.165, 1.54) is 5.56 Å². The number of aryl methyl sites for hydroxylation is 1. The number of aromatic nitrogens is 2. The standard InChI is InChI=1S/C22H25N5O2/c1-15-7-9-16(10-8-15)24-22-21(17-5-3-4-6-18(17)29-2)25-19-14-26(20(28)13-23)11-12-27(19)22/h3-10,24H,11-14,23H2,1-2H3. The van der Waals surface area contributed by atoms with Crippen LogP contribution in [0, 0.1) is 6.92 Å². The van der Waals surface area contributed by atoms with Crippen LogP contribution in [0.3, 0.4) is 0 Å². The first kappa shape index (κ1) is 19.0. The quantitative estimate of drug-likeness (QED) is 0.699. The van der Waals surface area contributed by atoms with Crippen LogP contribution in [0.1, 0.15) is 11.4 Å². The number of fused-ring (bicyclic) bond motifs is 1. The lowest BCUT2D eigenvalue weighted by Crippen LogP contribution is -2.41. The van der Waals surface area contributed by atoms with Gasteiger partial charge >= 0.3 is 0 Å². The molecule has 2 aromatic carbocycles. The van der Waals surface area contributed by atoms with E-state index < -0.39 is 0 Å². The highest BCUT2D eigenvalue weighted by Crippen LogP contribution is 2.37. The lowest BCUT2D eigenvalue weighted by Gasteiger charge is -2.28. The minimum Gasteiger partial charge on any atom is -0.496 e. The first-order valence-corrected chi connectivity index (χ1v) is 9.65. The number of methoxy groups -OCH3 is 1. The van der Waals surface area contributed by atoms with Gasteiger partial charge in [0.05, 0.1) is 20.2 Å². The van der Waals surface area contributed by atoms with Crippen molar-refractivity contribution in [1.82, 2.24) is 14.5 Å². The molecule has 4 rings (SSSR count). The molecule has 0 radical (unpaired) electrons. The SMILES string of the molecule is COc1ccccc1-c1nc2n(c1Nc1ccc(C)cc1)CCN(C(=O)CN)C2. The number of rotatable bonds is 5. The Kier molecular flexibility index (Phi) is 5.22. The van der Waals surface area contributed by atoms with Gasteiger partial charge in [0.2, 0.25) is 5.91 Å². The van der Waals surface area contributed by atoms with Gasteiger partial charge in [-0.05, 0) is 31.2 Å². The molecule has 0 saturated heterocycles. The number of carbonyl (C=O) groups is 1. The summed E-state index contributed by atoms with van der Waals surface area (Å²) in [5, 5.41) is 3.53. The van der Waals surface area contributed by atoms with E-state index in [0.717, 1.165) is 34.3 Å². The first-order chi connectivity index (χ1) is 14.1. The van der Waals surface area contributed by atoms with Crippen LogP contribution < -0.4 is 15.8 Å². The fourth-order valence-electron chi connectivity index (χ4n) is 3.60. The number of amides is 1. The van der Waals surface area contributed by atoms with Gasteiger partial charge in [-0.2, -0.15) is 0 Å². The average Bonchev–Trinajstić information content (AvgIpc) is 3.12. The van der Waals surface area contributed by atoms with Gasteiger partial charge < -0.3 is 25.3 Å². The summed E-state index contributed by atoms with van der Waals surface area (Å²) in [6, 6.07) is 16.1. The molecular weight excluding hydrogens is 366 g/mol. The highest BCUT2D eigenvalue weighted by atomic mass is 16.5. The second-order valence-electron chi connectivity index (χ2n) is 7.09. The van der Waals surface area contributed by atoms with E-state index >= 15 is 0 Å². The summed E-state index contributed by atoms with van der Waals surface area (Å²) in [5.74, 6) is 2.41. The molecule has 0 atom stereocenters. The Balaban J connectivity index is 1.80. The lowest BCUT2D eigenvalue weighted by atomic mass is 10.1. The van der Waals surface area contributed by atoms with Crippen molar-refractivity contribution < 1.29 is 9.53 Å². The highest BCUT2D eigenvalue weighted by molar-refractivity contribution is 5.81. The van der Waals surface area contributed by atoms with Crippen molar-refractivity contribution >= 4 is 17.4 Å². The number of imidazole rings is 1. The number of benzene rings is 2. The number of nitrogens with two attached hydrogens (primary N) is 1. The molecule has 7 nitrogen and oxygen atoms in total. The highest BCUT2D eigenvalue weighted by Gasteiger charge is 2.27. The van der Waals surface area contributed by atoms with Crippen molar-refractivity contribution in [2.45, 2.75) is 20.0 Å². The Morgan fingerprint density at radius 2 is 1.93 bits per heavy atom. The van der Waals surface area contributed by atoms with Gasteiger partial charge in [-0.25, -0.2) is 4.98 Å². The number of ether oxygens (including phenoxy) is 1. The third kappa shape index (κ3) is 3.69. The van der Waals surface area contributed by atoms with Gasteiger partial charge in [0.1, 0.15) is 23.1 Å². The molecule has 1 aromatic heterocycles. The molecule has 7 heteroatoms. The van der Waals surface area contributed by atoms with E-state index in [2.05, 4.69) is 28.9 Å². The number of para-hydroxylation sites is 1. The van der Waals surface area contributed by atoms with Gasteiger partial charge in [-0.1, -0.05) is 29.8 Å². The molecule has 29 heavy (non-hydrogen) atoms. The number of carbonyl (C=O) groups excluding carboxylic acids is 1. The molecule has 0 unspecified atom stereocenters. The maximum absolute atomic E-state index is 12.1. The van der Waals surface area contributed by atoms with Gasteiger partial charge in [-0.3, -0.25) is 4.79 Å². The molecule has 3 N–H and O–H groups in total. The van der Waals surface area contributed by atoms with Crippen molar-refractivity contribution in [3.63, 3.8) is 0 Å². The summed E-state index contributed by atoms with van der Waals surface area (Å²) in [5.41, 5.74) is 9.45. The van der Waals surface area contributed by atoms with Crippen LogP contribution in [0.4, 0.5) is 11.5 Å². The van der Waals surface area contributed by atoms with Gasteiger partial charge in [0.25, 0.3) is 0 Å². The maximum atomic E-state index is 12.1. The Hall–Kier alpha value is -3.32. The molecule has 0 saturated carbocycles. The smallest absolute Gasteiger partial charge is 0.236 e. The predicted octanol–water partition coefficient (Wildman–Crippen LogP) is 2.91. The molecule has 3 aromatic rings. The van der Waals surface area contributed by atoms with Crippen molar-refractivity contribution in [2.24, 2.45) is 5.73 Å². The summed E-state index contributed by atoms with van der Waals surface area (Å²) in [6.45, 7) is 3.76. The number of anilines is 2. The summed E-state index contributed by atoms with van der Waals surface area (Å²) in [4.78, 5) is 18.7. The molecule has 1 aliphatic rings. The van der Waals surface area contributed by atoms with E-state index in [1.807, 2.05) is 36.4 Å². The summed E-state index contributed by atoms with van der Waals surface area (Å²) < 4.78 is 7.71. The summed E-state index contributed by atoms with van der Waals surface area (Å²) in [7, 11) is 1.66. The third-order valence-corrected chi connectivity index (χ3v) is 5.18. The van der Waals surface area contributed by atoms with Gasteiger partial charge in [-0.15, -0.1) is 0 Å². The Bertz CT molecular complexity index is 1030. The van der Waals surface area contributed by atoms with Crippen LogP contribution >= 0.6 is 0 Å². The van der Waals surface area contributed by atoms with Crippen LogP contribution in [0.25, 0.3) is 11.3 Å².